The quantitative estimate of drug-likeness (QED) is 0.684. The van der Waals surface area contributed by atoms with E-state index in [2.05, 4.69) is 0 Å². The lowest BCUT2D eigenvalue weighted by molar-refractivity contribution is 0.361. The maximum absolute atomic E-state index is 12.5. The fourth-order valence-corrected chi connectivity index (χ4v) is 2.50. The number of hydrogen-bond acceptors (Lipinski definition) is 5. The lowest BCUT2D eigenvalue weighted by Crippen LogP contribution is -2.03. The van der Waals surface area contributed by atoms with Gasteiger partial charge in [-0.05, 0) is 56.3 Å². The molecule has 0 bridgehead atoms. The molecule has 5 nitrogen and oxygen atoms in total. The molecule has 134 valence electrons. The van der Waals surface area contributed by atoms with E-state index in [9.17, 15) is 9.90 Å². The summed E-state index contributed by atoms with van der Waals surface area (Å²) in [5, 5.41) is 10.6. The average molecular weight is 352 g/mol. The molecule has 3 rings (SSSR count). The minimum atomic E-state index is -0.479. The Morgan fingerprint density at radius 1 is 1.12 bits per heavy atom. The van der Waals surface area contributed by atoms with Crippen LogP contribution < -0.4 is 14.9 Å². The van der Waals surface area contributed by atoms with Gasteiger partial charge >= 0.3 is 0 Å². The van der Waals surface area contributed by atoms with Crippen molar-refractivity contribution in [3.63, 3.8) is 0 Å². The van der Waals surface area contributed by atoms with Crippen LogP contribution in [-0.4, -0.2) is 18.8 Å². The molecule has 1 heterocycles. The van der Waals surface area contributed by atoms with E-state index in [0.29, 0.717) is 34.6 Å². The number of ether oxygens (including phenoxy) is 2. The molecular weight excluding hydrogens is 332 g/mol. The highest BCUT2D eigenvalue weighted by molar-refractivity contribution is 5.83. The number of fused-ring (bicyclic) bond motifs is 1. The zero-order valence-electron chi connectivity index (χ0n) is 14.9. The predicted octanol–water partition coefficient (Wildman–Crippen LogP) is 4.52. The Labute approximate surface area is 151 Å². The molecule has 0 saturated heterocycles. The van der Waals surface area contributed by atoms with Crippen molar-refractivity contribution in [3.8, 4) is 28.6 Å². The van der Waals surface area contributed by atoms with E-state index < -0.39 is 11.2 Å². The van der Waals surface area contributed by atoms with Crippen molar-refractivity contribution in [2.75, 3.05) is 13.7 Å². The molecule has 2 aromatic carbocycles. The Hall–Kier alpha value is -3.21. The van der Waals surface area contributed by atoms with Crippen LogP contribution in [0.15, 0.2) is 63.3 Å². The van der Waals surface area contributed by atoms with Gasteiger partial charge < -0.3 is 19.0 Å². The van der Waals surface area contributed by atoms with Crippen molar-refractivity contribution in [2.45, 2.75) is 13.8 Å². The van der Waals surface area contributed by atoms with Gasteiger partial charge in [0.25, 0.3) is 0 Å². The van der Waals surface area contributed by atoms with Crippen LogP contribution in [0.1, 0.15) is 13.8 Å². The standard InChI is InChI=1S/C21H20O5/c1-13(2)10-11-25-16-8-9-17-18(12-16)26-21(20(23)19(17)22)14-4-6-15(24-3)7-5-14/h4-10,12,23H,11H2,1-3H3. The van der Waals surface area contributed by atoms with Gasteiger partial charge in [-0.1, -0.05) is 5.57 Å². The van der Waals surface area contributed by atoms with Crippen molar-refractivity contribution >= 4 is 11.0 Å². The van der Waals surface area contributed by atoms with E-state index in [1.165, 1.54) is 0 Å². The predicted molar refractivity (Wildman–Crippen MR) is 101 cm³/mol. The van der Waals surface area contributed by atoms with E-state index in [4.69, 9.17) is 13.9 Å². The third-order valence-electron chi connectivity index (χ3n) is 3.93. The number of methoxy groups -OCH3 is 1. The third kappa shape index (κ3) is 3.57. The molecule has 1 aromatic heterocycles. The molecule has 0 saturated carbocycles. The maximum Gasteiger partial charge on any atom is 0.235 e. The fourth-order valence-electron chi connectivity index (χ4n) is 2.50. The first-order valence-electron chi connectivity index (χ1n) is 8.20. The molecule has 0 unspecified atom stereocenters. The Kier molecular flexibility index (Phi) is 4.98. The molecule has 1 N–H and O–H groups in total. The molecule has 0 atom stereocenters. The summed E-state index contributed by atoms with van der Waals surface area (Å²) in [5.74, 6) is 0.961. The van der Waals surface area contributed by atoms with Crippen LogP contribution in [0.4, 0.5) is 0 Å². The number of rotatable bonds is 5. The summed E-state index contributed by atoms with van der Waals surface area (Å²) >= 11 is 0. The van der Waals surface area contributed by atoms with E-state index in [-0.39, 0.29) is 5.76 Å². The number of hydrogen-bond donors (Lipinski definition) is 1. The van der Waals surface area contributed by atoms with Gasteiger partial charge in [0.2, 0.25) is 11.2 Å². The van der Waals surface area contributed by atoms with Crippen LogP contribution in [-0.2, 0) is 0 Å². The van der Waals surface area contributed by atoms with Gasteiger partial charge in [-0.15, -0.1) is 0 Å². The van der Waals surface area contributed by atoms with Crippen molar-refractivity contribution in [3.05, 3.63) is 64.3 Å². The zero-order valence-corrected chi connectivity index (χ0v) is 14.9. The van der Waals surface area contributed by atoms with Gasteiger partial charge in [-0.3, -0.25) is 4.79 Å². The van der Waals surface area contributed by atoms with Gasteiger partial charge in [0.15, 0.2) is 5.76 Å². The lowest BCUT2D eigenvalue weighted by Gasteiger charge is -2.09. The smallest absolute Gasteiger partial charge is 0.235 e. The Bertz CT molecular complexity index is 1010. The van der Waals surface area contributed by atoms with Crippen molar-refractivity contribution in [1.29, 1.82) is 0 Å². The Morgan fingerprint density at radius 2 is 1.81 bits per heavy atom. The molecule has 0 fully saturated rings. The van der Waals surface area contributed by atoms with Gasteiger partial charge in [0, 0.05) is 11.6 Å². The molecule has 0 aliphatic heterocycles. The second kappa shape index (κ2) is 7.35. The molecule has 5 heteroatoms. The van der Waals surface area contributed by atoms with Crippen LogP contribution >= 0.6 is 0 Å². The topological polar surface area (TPSA) is 68.9 Å². The third-order valence-corrected chi connectivity index (χ3v) is 3.93. The Balaban J connectivity index is 2.05. The maximum atomic E-state index is 12.5. The summed E-state index contributed by atoms with van der Waals surface area (Å²) < 4.78 is 16.6. The SMILES string of the molecule is COc1ccc(-c2oc3cc(OCC=C(C)C)ccc3c(=O)c2O)cc1. The van der Waals surface area contributed by atoms with Gasteiger partial charge in [0.1, 0.15) is 23.7 Å². The summed E-state index contributed by atoms with van der Waals surface area (Å²) in [5.41, 5.74) is 1.61. The Morgan fingerprint density at radius 3 is 2.46 bits per heavy atom. The average Bonchev–Trinajstić information content (AvgIpc) is 2.64. The molecule has 3 aromatic rings. The largest absolute Gasteiger partial charge is 0.502 e. The summed E-state index contributed by atoms with van der Waals surface area (Å²) in [6.07, 6.45) is 1.96. The van der Waals surface area contributed by atoms with Crippen LogP contribution in [0.25, 0.3) is 22.3 Å². The molecule has 0 radical (unpaired) electrons. The van der Waals surface area contributed by atoms with E-state index in [0.717, 1.165) is 5.57 Å². The first-order valence-corrected chi connectivity index (χ1v) is 8.20. The van der Waals surface area contributed by atoms with Crippen LogP contribution in [0.5, 0.6) is 17.2 Å². The summed E-state index contributed by atoms with van der Waals surface area (Å²) in [6, 6.07) is 11.8. The van der Waals surface area contributed by atoms with Crippen LogP contribution in [0, 0.1) is 0 Å². The number of allylic oxidation sites excluding steroid dienone is 1. The van der Waals surface area contributed by atoms with Gasteiger partial charge in [0.05, 0.1) is 12.5 Å². The molecule has 0 aliphatic carbocycles. The zero-order chi connectivity index (χ0) is 18.7. The van der Waals surface area contributed by atoms with Crippen molar-refractivity contribution in [1.82, 2.24) is 0 Å². The fraction of sp³-hybridized carbons (Fsp3) is 0.190. The molecular formula is C21H20O5. The monoisotopic (exact) mass is 352 g/mol. The minimum absolute atomic E-state index is 0.117. The molecule has 0 aliphatic rings. The van der Waals surface area contributed by atoms with Crippen molar-refractivity contribution < 1.29 is 19.0 Å². The van der Waals surface area contributed by atoms with Crippen molar-refractivity contribution in [2.24, 2.45) is 0 Å². The summed E-state index contributed by atoms with van der Waals surface area (Å²) in [6.45, 7) is 4.42. The second-order valence-electron chi connectivity index (χ2n) is 6.09. The summed E-state index contributed by atoms with van der Waals surface area (Å²) in [7, 11) is 1.57. The number of benzene rings is 2. The van der Waals surface area contributed by atoms with E-state index >= 15 is 0 Å². The van der Waals surface area contributed by atoms with Gasteiger partial charge in [-0.25, -0.2) is 0 Å². The normalized spacial score (nSPS) is 10.6. The molecule has 0 amide bonds. The molecule has 0 spiro atoms. The van der Waals surface area contributed by atoms with E-state index in [1.807, 2.05) is 19.9 Å². The minimum Gasteiger partial charge on any atom is -0.502 e. The lowest BCUT2D eigenvalue weighted by atomic mass is 10.1. The van der Waals surface area contributed by atoms with Crippen LogP contribution in [0.3, 0.4) is 0 Å². The summed E-state index contributed by atoms with van der Waals surface area (Å²) in [4.78, 5) is 12.5. The van der Waals surface area contributed by atoms with Gasteiger partial charge in [-0.2, -0.15) is 0 Å². The highest BCUT2D eigenvalue weighted by Gasteiger charge is 2.16. The first kappa shape index (κ1) is 17.6. The van der Waals surface area contributed by atoms with E-state index in [1.54, 1.807) is 49.6 Å². The molecule has 26 heavy (non-hydrogen) atoms. The van der Waals surface area contributed by atoms with Crippen LogP contribution in [0.2, 0.25) is 0 Å². The first-order chi connectivity index (χ1) is 12.5. The number of aromatic hydroxyl groups is 1. The highest BCUT2D eigenvalue weighted by atomic mass is 16.5. The highest BCUT2D eigenvalue weighted by Crippen LogP contribution is 2.32. The second-order valence-corrected chi connectivity index (χ2v) is 6.09.